The quantitative estimate of drug-likeness (QED) is 0.671. The Bertz CT molecular complexity index is 590. The van der Waals surface area contributed by atoms with Gasteiger partial charge in [-0.15, -0.1) is 11.3 Å². The van der Waals surface area contributed by atoms with E-state index in [2.05, 4.69) is 39.5 Å². The van der Waals surface area contributed by atoms with Gasteiger partial charge in [0.1, 0.15) is 5.01 Å². The van der Waals surface area contributed by atoms with Crippen molar-refractivity contribution >= 4 is 22.7 Å². The molecule has 2 nitrogen and oxygen atoms in total. The van der Waals surface area contributed by atoms with Crippen molar-refractivity contribution in [2.45, 2.75) is 0 Å². The average molecular weight is 246 g/mol. The molecule has 16 heavy (non-hydrogen) atoms. The maximum absolute atomic E-state index is 4.65. The maximum atomic E-state index is 4.65. The van der Waals surface area contributed by atoms with Gasteiger partial charge < -0.3 is 4.57 Å². The van der Waals surface area contributed by atoms with Crippen LogP contribution in [0.25, 0.3) is 21.8 Å². The Hall–Kier alpha value is -1.39. The molecule has 0 aromatic carbocycles. The van der Waals surface area contributed by atoms with Crippen molar-refractivity contribution in [1.29, 1.82) is 0 Å². The molecule has 0 aliphatic heterocycles. The third-order valence-corrected chi connectivity index (χ3v) is 3.97. The smallest absolute Gasteiger partial charge is 0.125 e. The van der Waals surface area contributed by atoms with E-state index in [1.807, 2.05) is 17.8 Å². The summed E-state index contributed by atoms with van der Waals surface area (Å²) in [6.45, 7) is 0. The fourth-order valence-corrected chi connectivity index (χ4v) is 3.05. The summed E-state index contributed by atoms with van der Waals surface area (Å²) < 4.78 is 2.04. The monoisotopic (exact) mass is 246 g/mol. The summed E-state index contributed by atoms with van der Waals surface area (Å²) in [4.78, 5) is 4.65. The summed E-state index contributed by atoms with van der Waals surface area (Å²) >= 11 is 3.40. The van der Waals surface area contributed by atoms with E-state index in [0.29, 0.717) is 0 Å². The van der Waals surface area contributed by atoms with Gasteiger partial charge in [-0.3, -0.25) is 0 Å². The highest BCUT2D eigenvalue weighted by atomic mass is 32.1. The molecule has 3 rings (SSSR count). The molecule has 0 N–H and O–H groups in total. The Morgan fingerprint density at radius 1 is 1.19 bits per heavy atom. The van der Waals surface area contributed by atoms with Crippen LogP contribution in [-0.2, 0) is 7.05 Å². The molecule has 3 aromatic rings. The first-order valence-corrected chi connectivity index (χ1v) is 6.75. The second-order valence-electron chi connectivity index (χ2n) is 3.62. The fourth-order valence-electron chi connectivity index (χ4n) is 1.58. The molecule has 0 saturated carbocycles. The van der Waals surface area contributed by atoms with Gasteiger partial charge in [-0.25, -0.2) is 4.98 Å². The highest BCUT2D eigenvalue weighted by Crippen LogP contribution is 2.29. The van der Waals surface area contributed by atoms with Crippen LogP contribution < -0.4 is 0 Å². The lowest BCUT2D eigenvalue weighted by Crippen LogP contribution is -1.78. The second-order valence-corrected chi connectivity index (χ2v) is 5.25. The predicted molar refractivity (Wildman–Crippen MR) is 69.8 cm³/mol. The van der Waals surface area contributed by atoms with Crippen LogP contribution in [0.15, 0.2) is 40.7 Å². The molecule has 0 unspecified atom stereocenters. The van der Waals surface area contributed by atoms with Gasteiger partial charge in [0.05, 0.1) is 5.69 Å². The number of hydrogen-bond donors (Lipinski definition) is 0. The lowest BCUT2D eigenvalue weighted by molar-refractivity contribution is 0.928. The van der Waals surface area contributed by atoms with Crippen LogP contribution in [0.2, 0.25) is 0 Å². The minimum absolute atomic E-state index is 1.07. The second kappa shape index (κ2) is 3.88. The molecule has 0 aliphatic rings. The van der Waals surface area contributed by atoms with Crippen molar-refractivity contribution in [2.24, 2.45) is 7.05 Å². The van der Waals surface area contributed by atoms with Gasteiger partial charge in [0.15, 0.2) is 0 Å². The molecule has 0 spiro atoms. The van der Waals surface area contributed by atoms with Crippen LogP contribution in [0.3, 0.4) is 0 Å². The summed E-state index contributed by atoms with van der Waals surface area (Å²) in [6, 6.07) is 4.20. The first kappa shape index (κ1) is 9.81. The van der Waals surface area contributed by atoms with E-state index < -0.39 is 0 Å². The van der Waals surface area contributed by atoms with E-state index in [0.717, 1.165) is 10.7 Å². The Labute approximate surface area is 102 Å². The first-order chi connectivity index (χ1) is 7.83. The van der Waals surface area contributed by atoms with Crippen LogP contribution in [-0.4, -0.2) is 9.55 Å². The van der Waals surface area contributed by atoms with Gasteiger partial charge in [0, 0.05) is 41.3 Å². The summed E-state index contributed by atoms with van der Waals surface area (Å²) in [5, 5.41) is 7.41. The molecule has 3 heterocycles. The summed E-state index contributed by atoms with van der Waals surface area (Å²) in [7, 11) is 2.02. The number of aromatic nitrogens is 2. The summed E-state index contributed by atoms with van der Waals surface area (Å²) in [5.41, 5.74) is 3.47. The van der Waals surface area contributed by atoms with Crippen LogP contribution in [0, 0.1) is 0 Å². The van der Waals surface area contributed by atoms with Crippen molar-refractivity contribution < 1.29 is 0 Å². The van der Waals surface area contributed by atoms with Gasteiger partial charge in [-0.2, -0.15) is 11.3 Å². The average Bonchev–Trinajstić information content (AvgIpc) is 2.97. The Balaban J connectivity index is 2.00. The Morgan fingerprint density at radius 2 is 2.12 bits per heavy atom. The van der Waals surface area contributed by atoms with E-state index in [1.54, 1.807) is 22.7 Å². The molecule has 0 amide bonds. The minimum atomic E-state index is 1.07. The van der Waals surface area contributed by atoms with Gasteiger partial charge in [-0.05, 0) is 17.5 Å². The molecule has 4 heteroatoms. The summed E-state index contributed by atoms with van der Waals surface area (Å²) in [6.07, 6.45) is 4.14. The zero-order valence-corrected chi connectivity index (χ0v) is 10.4. The number of thiazole rings is 1. The third kappa shape index (κ3) is 1.70. The number of hydrogen-bond acceptors (Lipinski definition) is 3. The van der Waals surface area contributed by atoms with Crippen LogP contribution in [0.4, 0.5) is 0 Å². The van der Waals surface area contributed by atoms with Gasteiger partial charge in [0.2, 0.25) is 0 Å². The van der Waals surface area contributed by atoms with Gasteiger partial charge >= 0.3 is 0 Å². The zero-order valence-electron chi connectivity index (χ0n) is 8.75. The van der Waals surface area contributed by atoms with Crippen molar-refractivity contribution in [2.75, 3.05) is 0 Å². The van der Waals surface area contributed by atoms with E-state index in [-0.39, 0.29) is 0 Å². The Morgan fingerprint density at radius 3 is 2.81 bits per heavy atom. The lowest BCUT2D eigenvalue weighted by Gasteiger charge is -1.90. The Kier molecular flexibility index (Phi) is 2.38. The number of nitrogens with zero attached hydrogens (tertiary/aromatic N) is 2. The molecule has 0 fully saturated rings. The van der Waals surface area contributed by atoms with Crippen LogP contribution in [0.1, 0.15) is 0 Å². The molecule has 0 saturated heterocycles. The van der Waals surface area contributed by atoms with Crippen molar-refractivity contribution in [3.63, 3.8) is 0 Å². The molecule has 0 aliphatic carbocycles. The van der Waals surface area contributed by atoms with E-state index in [9.17, 15) is 0 Å². The van der Waals surface area contributed by atoms with Gasteiger partial charge in [0.25, 0.3) is 0 Å². The lowest BCUT2D eigenvalue weighted by atomic mass is 10.3. The maximum Gasteiger partial charge on any atom is 0.125 e. The molecule has 3 aromatic heterocycles. The normalized spacial score (nSPS) is 10.8. The standard InChI is InChI=1S/C12H10N2S2/c1-14-4-2-9(6-14)12-13-11(8-16-12)10-3-5-15-7-10/h2-8H,1H3. The number of thiophene rings is 1. The third-order valence-electron chi connectivity index (χ3n) is 2.40. The molecular formula is C12H10N2S2. The van der Waals surface area contributed by atoms with Crippen molar-refractivity contribution in [1.82, 2.24) is 9.55 Å². The number of rotatable bonds is 2. The predicted octanol–water partition coefficient (Wildman–Crippen LogP) is 3.88. The first-order valence-electron chi connectivity index (χ1n) is 4.93. The topological polar surface area (TPSA) is 17.8 Å². The van der Waals surface area contributed by atoms with Gasteiger partial charge in [-0.1, -0.05) is 0 Å². The molecule has 0 bridgehead atoms. The molecule has 80 valence electrons. The zero-order chi connectivity index (χ0) is 11.0. The van der Waals surface area contributed by atoms with Crippen molar-refractivity contribution in [3.8, 4) is 21.8 Å². The van der Waals surface area contributed by atoms with E-state index >= 15 is 0 Å². The summed E-state index contributed by atoms with van der Waals surface area (Å²) in [5.74, 6) is 0. The minimum Gasteiger partial charge on any atom is -0.357 e. The van der Waals surface area contributed by atoms with Crippen molar-refractivity contribution in [3.05, 3.63) is 40.7 Å². The van der Waals surface area contributed by atoms with Crippen LogP contribution in [0.5, 0.6) is 0 Å². The highest BCUT2D eigenvalue weighted by Gasteiger charge is 2.07. The SMILES string of the molecule is Cn1ccc(-c2nc(-c3ccsc3)cs2)c1. The fraction of sp³-hybridized carbons (Fsp3) is 0.0833. The molecule has 0 radical (unpaired) electrons. The largest absolute Gasteiger partial charge is 0.357 e. The van der Waals surface area contributed by atoms with Crippen LogP contribution >= 0.6 is 22.7 Å². The number of aryl methyl sites for hydroxylation is 1. The molecular weight excluding hydrogens is 236 g/mol. The van der Waals surface area contributed by atoms with E-state index in [4.69, 9.17) is 0 Å². The highest BCUT2D eigenvalue weighted by molar-refractivity contribution is 7.13. The van der Waals surface area contributed by atoms with E-state index in [1.165, 1.54) is 11.1 Å². The molecule has 0 atom stereocenters.